The summed E-state index contributed by atoms with van der Waals surface area (Å²) in [5.74, 6) is 0.0504. The van der Waals surface area contributed by atoms with Gasteiger partial charge in [0.25, 0.3) is 5.91 Å². The second-order valence-electron chi connectivity index (χ2n) is 4.66. The number of anilines is 1. The zero-order chi connectivity index (χ0) is 16.7. The second kappa shape index (κ2) is 7.79. The molecular formula is C16H18N4O3. The SMILES string of the molecule is CCOc1ncccc1C(=O)NCc1ccc(NC(N)=O)cc1. The number of rotatable bonds is 6. The molecule has 1 aromatic carbocycles. The van der Waals surface area contributed by atoms with Gasteiger partial charge in [-0.25, -0.2) is 9.78 Å². The van der Waals surface area contributed by atoms with Crippen molar-refractivity contribution in [1.29, 1.82) is 0 Å². The van der Waals surface area contributed by atoms with Gasteiger partial charge in [-0.05, 0) is 36.8 Å². The number of benzene rings is 1. The van der Waals surface area contributed by atoms with E-state index in [0.717, 1.165) is 5.56 Å². The van der Waals surface area contributed by atoms with Gasteiger partial charge < -0.3 is 21.1 Å². The molecule has 0 spiro atoms. The van der Waals surface area contributed by atoms with Crippen LogP contribution in [0.2, 0.25) is 0 Å². The number of carbonyl (C=O) groups excluding carboxylic acids is 2. The first-order chi connectivity index (χ1) is 11.1. The largest absolute Gasteiger partial charge is 0.477 e. The van der Waals surface area contributed by atoms with Crippen molar-refractivity contribution in [2.24, 2.45) is 5.73 Å². The molecule has 0 aliphatic heterocycles. The monoisotopic (exact) mass is 314 g/mol. The number of hydrogen-bond acceptors (Lipinski definition) is 4. The Morgan fingerprint density at radius 2 is 1.96 bits per heavy atom. The van der Waals surface area contributed by atoms with Crippen molar-refractivity contribution in [3.05, 3.63) is 53.7 Å². The summed E-state index contributed by atoms with van der Waals surface area (Å²) in [5, 5.41) is 5.27. The maximum atomic E-state index is 12.2. The van der Waals surface area contributed by atoms with Crippen LogP contribution in [0.1, 0.15) is 22.8 Å². The van der Waals surface area contributed by atoms with Crippen molar-refractivity contribution in [2.45, 2.75) is 13.5 Å². The highest BCUT2D eigenvalue weighted by Gasteiger charge is 2.12. The van der Waals surface area contributed by atoms with E-state index in [2.05, 4.69) is 15.6 Å². The molecule has 120 valence electrons. The van der Waals surface area contributed by atoms with E-state index in [1.54, 1.807) is 42.6 Å². The number of ether oxygens (including phenoxy) is 1. The van der Waals surface area contributed by atoms with E-state index in [1.165, 1.54) is 0 Å². The van der Waals surface area contributed by atoms with Crippen molar-refractivity contribution in [1.82, 2.24) is 10.3 Å². The number of nitrogens with two attached hydrogens (primary N) is 1. The number of nitrogens with one attached hydrogen (secondary N) is 2. The number of carbonyl (C=O) groups is 2. The van der Waals surface area contributed by atoms with Crippen LogP contribution in [0.15, 0.2) is 42.6 Å². The summed E-state index contributed by atoms with van der Waals surface area (Å²) >= 11 is 0. The minimum absolute atomic E-state index is 0.263. The highest BCUT2D eigenvalue weighted by atomic mass is 16.5. The lowest BCUT2D eigenvalue weighted by atomic mass is 10.2. The van der Waals surface area contributed by atoms with Crippen LogP contribution in [-0.2, 0) is 6.54 Å². The van der Waals surface area contributed by atoms with Crippen LogP contribution >= 0.6 is 0 Å². The maximum absolute atomic E-state index is 12.2. The van der Waals surface area contributed by atoms with E-state index in [1.807, 2.05) is 6.92 Å². The van der Waals surface area contributed by atoms with Gasteiger partial charge in [0.15, 0.2) is 0 Å². The fraction of sp³-hybridized carbons (Fsp3) is 0.188. The summed E-state index contributed by atoms with van der Waals surface area (Å²) in [6.07, 6.45) is 1.58. The molecule has 1 aromatic heterocycles. The third-order valence-corrected chi connectivity index (χ3v) is 2.97. The molecule has 2 rings (SSSR count). The molecule has 4 N–H and O–H groups in total. The lowest BCUT2D eigenvalue weighted by molar-refractivity contribution is 0.0946. The number of urea groups is 1. The standard InChI is InChI=1S/C16H18N4O3/c1-2-23-15-13(4-3-9-18-15)14(21)19-10-11-5-7-12(8-6-11)20-16(17)22/h3-9H,2,10H2,1H3,(H,19,21)(H3,17,20,22). The van der Waals surface area contributed by atoms with E-state index in [9.17, 15) is 9.59 Å². The Hall–Kier alpha value is -3.09. The normalized spacial score (nSPS) is 9.96. The first kappa shape index (κ1) is 16.3. The molecule has 0 radical (unpaired) electrons. The van der Waals surface area contributed by atoms with E-state index < -0.39 is 6.03 Å². The predicted octanol–water partition coefficient (Wildman–Crippen LogP) is 1.90. The van der Waals surface area contributed by atoms with Gasteiger partial charge >= 0.3 is 6.03 Å². The van der Waals surface area contributed by atoms with Gasteiger partial charge in [-0.1, -0.05) is 12.1 Å². The minimum Gasteiger partial charge on any atom is -0.477 e. The number of primary amides is 1. The summed E-state index contributed by atoms with van der Waals surface area (Å²) in [5.41, 5.74) is 6.91. The van der Waals surface area contributed by atoms with E-state index >= 15 is 0 Å². The first-order valence-electron chi connectivity index (χ1n) is 7.11. The van der Waals surface area contributed by atoms with Gasteiger partial charge in [0, 0.05) is 18.4 Å². The van der Waals surface area contributed by atoms with Crippen LogP contribution in [0.4, 0.5) is 10.5 Å². The Balaban J connectivity index is 1.98. The average molecular weight is 314 g/mol. The second-order valence-corrected chi connectivity index (χ2v) is 4.66. The fourth-order valence-electron chi connectivity index (χ4n) is 1.94. The fourth-order valence-corrected chi connectivity index (χ4v) is 1.94. The Labute approximate surface area is 133 Å². The third kappa shape index (κ3) is 4.70. The smallest absolute Gasteiger partial charge is 0.316 e. The van der Waals surface area contributed by atoms with Gasteiger partial charge in [-0.15, -0.1) is 0 Å². The molecule has 0 aliphatic carbocycles. The van der Waals surface area contributed by atoms with Crippen LogP contribution < -0.4 is 21.1 Å². The molecule has 2 aromatic rings. The number of pyridine rings is 1. The van der Waals surface area contributed by atoms with Crippen LogP contribution in [0.5, 0.6) is 5.88 Å². The molecule has 1 heterocycles. The van der Waals surface area contributed by atoms with Crippen molar-refractivity contribution in [2.75, 3.05) is 11.9 Å². The van der Waals surface area contributed by atoms with Crippen LogP contribution in [0, 0.1) is 0 Å². The molecular weight excluding hydrogens is 296 g/mol. The summed E-state index contributed by atoms with van der Waals surface area (Å²) in [6.45, 7) is 2.61. The van der Waals surface area contributed by atoms with Gasteiger partial charge in [0.2, 0.25) is 5.88 Å². The Bertz CT molecular complexity index is 686. The van der Waals surface area contributed by atoms with E-state index in [4.69, 9.17) is 10.5 Å². The molecule has 23 heavy (non-hydrogen) atoms. The summed E-state index contributed by atoms with van der Waals surface area (Å²) in [7, 11) is 0. The zero-order valence-corrected chi connectivity index (χ0v) is 12.7. The quantitative estimate of drug-likeness (QED) is 0.757. The highest BCUT2D eigenvalue weighted by molar-refractivity contribution is 5.96. The minimum atomic E-state index is -0.619. The lowest BCUT2D eigenvalue weighted by Crippen LogP contribution is -2.24. The van der Waals surface area contributed by atoms with Gasteiger partial charge in [0.1, 0.15) is 5.56 Å². The summed E-state index contributed by atoms with van der Waals surface area (Å²) in [4.78, 5) is 27.0. The zero-order valence-electron chi connectivity index (χ0n) is 12.7. The number of hydrogen-bond donors (Lipinski definition) is 3. The molecule has 0 saturated heterocycles. The summed E-state index contributed by atoms with van der Waals surface area (Å²) in [6, 6.07) is 9.72. The molecule has 0 saturated carbocycles. The number of aromatic nitrogens is 1. The van der Waals surface area contributed by atoms with Crippen LogP contribution in [-0.4, -0.2) is 23.5 Å². The first-order valence-corrected chi connectivity index (χ1v) is 7.11. The van der Waals surface area contributed by atoms with E-state index in [-0.39, 0.29) is 5.91 Å². The molecule has 0 atom stereocenters. The van der Waals surface area contributed by atoms with E-state index in [0.29, 0.717) is 30.3 Å². The van der Waals surface area contributed by atoms with Crippen molar-refractivity contribution < 1.29 is 14.3 Å². The topological polar surface area (TPSA) is 106 Å². The Morgan fingerprint density at radius 1 is 1.22 bits per heavy atom. The van der Waals surface area contributed by atoms with Crippen LogP contribution in [0.25, 0.3) is 0 Å². The van der Waals surface area contributed by atoms with Crippen molar-refractivity contribution >= 4 is 17.6 Å². The summed E-state index contributed by atoms with van der Waals surface area (Å²) < 4.78 is 5.34. The number of nitrogens with zero attached hydrogens (tertiary/aromatic N) is 1. The van der Waals surface area contributed by atoms with Gasteiger partial charge in [0.05, 0.1) is 6.61 Å². The Kier molecular flexibility index (Phi) is 5.51. The van der Waals surface area contributed by atoms with Crippen LogP contribution in [0.3, 0.4) is 0 Å². The molecule has 3 amide bonds. The predicted molar refractivity (Wildman–Crippen MR) is 86.2 cm³/mol. The Morgan fingerprint density at radius 3 is 2.61 bits per heavy atom. The van der Waals surface area contributed by atoms with Crippen molar-refractivity contribution in [3.8, 4) is 5.88 Å². The lowest BCUT2D eigenvalue weighted by Gasteiger charge is -2.10. The molecule has 7 nitrogen and oxygen atoms in total. The molecule has 0 unspecified atom stereocenters. The third-order valence-electron chi connectivity index (χ3n) is 2.97. The molecule has 0 fully saturated rings. The molecule has 0 aliphatic rings. The van der Waals surface area contributed by atoms with Gasteiger partial charge in [-0.2, -0.15) is 0 Å². The molecule has 7 heteroatoms. The average Bonchev–Trinajstić information content (AvgIpc) is 2.54. The molecule has 0 bridgehead atoms. The van der Waals surface area contributed by atoms with Crippen molar-refractivity contribution in [3.63, 3.8) is 0 Å². The maximum Gasteiger partial charge on any atom is 0.316 e. The van der Waals surface area contributed by atoms with Gasteiger partial charge in [-0.3, -0.25) is 4.79 Å². The highest BCUT2D eigenvalue weighted by Crippen LogP contribution is 2.14. The number of amides is 3.